The molecule has 3 rings (SSSR count). The van der Waals surface area contributed by atoms with Gasteiger partial charge in [-0.05, 0) is 25.5 Å². The minimum atomic E-state index is -3.10. The average molecular weight is 396 g/mol. The van der Waals surface area contributed by atoms with Crippen molar-refractivity contribution in [1.29, 1.82) is 0 Å². The molecule has 2 atom stereocenters. The second kappa shape index (κ2) is 7.40. The summed E-state index contributed by atoms with van der Waals surface area (Å²) in [5.41, 5.74) is 1.89. The van der Waals surface area contributed by atoms with Gasteiger partial charge in [0, 0.05) is 23.8 Å². The molecule has 0 spiro atoms. The molecule has 7 nitrogen and oxygen atoms in total. The van der Waals surface area contributed by atoms with Crippen molar-refractivity contribution in [2.45, 2.75) is 37.5 Å². The van der Waals surface area contributed by atoms with Gasteiger partial charge in [0.25, 0.3) is 0 Å². The van der Waals surface area contributed by atoms with E-state index >= 15 is 0 Å². The van der Waals surface area contributed by atoms with Crippen LogP contribution in [0, 0.1) is 6.92 Å². The van der Waals surface area contributed by atoms with Gasteiger partial charge in [0.2, 0.25) is 5.91 Å². The average Bonchev–Trinajstić information content (AvgIpc) is 2.99. The van der Waals surface area contributed by atoms with Crippen LogP contribution in [-0.4, -0.2) is 53.4 Å². The minimum absolute atomic E-state index is 0.0464. The fourth-order valence-corrected chi connectivity index (χ4v) is 7.06. The molecule has 1 aromatic carbocycles. The molecule has 0 radical (unpaired) electrons. The summed E-state index contributed by atoms with van der Waals surface area (Å²) in [6.07, 6.45) is 0.224. The molecule has 0 aliphatic carbocycles. The van der Waals surface area contributed by atoms with Crippen LogP contribution in [0.5, 0.6) is 0 Å². The first-order valence-electron chi connectivity index (χ1n) is 8.31. The van der Waals surface area contributed by atoms with E-state index in [4.69, 9.17) is 5.11 Å². The van der Waals surface area contributed by atoms with Crippen LogP contribution in [0.25, 0.3) is 0 Å². The number of anilines is 1. The van der Waals surface area contributed by atoms with Crippen LogP contribution in [0.2, 0.25) is 0 Å². The van der Waals surface area contributed by atoms with Crippen LogP contribution < -0.4 is 4.90 Å². The lowest BCUT2D eigenvalue weighted by molar-refractivity contribution is -0.137. The highest BCUT2D eigenvalue weighted by Crippen LogP contribution is 2.41. The number of rotatable bonds is 5. The molecule has 140 valence electrons. The molecule has 1 amide bonds. The van der Waals surface area contributed by atoms with E-state index in [2.05, 4.69) is 4.99 Å². The largest absolute Gasteiger partial charge is 0.481 e. The third kappa shape index (κ3) is 4.27. The lowest BCUT2D eigenvalue weighted by Gasteiger charge is -2.24. The Kier molecular flexibility index (Phi) is 5.38. The zero-order chi connectivity index (χ0) is 18.9. The van der Waals surface area contributed by atoms with Crippen molar-refractivity contribution in [1.82, 2.24) is 0 Å². The van der Waals surface area contributed by atoms with Crippen molar-refractivity contribution in [3.63, 3.8) is 0 Å². The Morgan fingerprint density at radius 2 is 1.92 bits per heavy atom. The lowest BCUT2D eigenvalue weighted by atomic mass is 10.1. The third-order valence-electron chi connectivity index (χ3n) is 4.38. The monoisotopic (exact) mass is 396 g/mol. The molecule has 2 heterocycles. The number of hydrogen-bond acceptors (Lipinski definition) is 5. The van der Waals surface area contributed by atoms with Gasteiger partial charge in [0.05, 0.1) is 17.5 Å². The van der Waals surface area contributed by atoms with E-state index in [9.17, 15) is 18.0 Å². The molecule has 1 N–H and O–H groups in total. The summed E-state index contributed by atoms with van der Waals surface area (Å²) in [5.74, 6) is -1.20. The van der Waals surface area contributed by atoms with Crippen LogP contribution in [-0.2, 0) is 19.4 Å². The number of carboxylic acid groups (broad SMARTS) is 1. The molecule has 0 unspecified atom stereocenters. The summed E-state index contributed by atoms with van der Waals surface area (Å²) < 4.78 is 24.0. The number of thioether (sulfide) groups is 1. The fraction of sp³-hybridized carbons (Fsp3) is 0.471. The zero-order valence-electron chi connectivity index (χ0n) is 14.3. The molecule has 0 saturated carbocycles. The lowest BCUT2D eigenvalue weighted by Crippen LogP contribution is -2.37. The Morgan fingerprint density at radius 1 is 1.23 bits per heavy atom. The fourth-order valence-electron chi connectivity index (χ4n) is 3.13. The Morgan fingerprint density at radius 3 is 2.58 bits per heavy atom. The second-order valence-corrected chi connectivity index (χ2v) is 9.90. The number of hydrogen-bond donors (Lipinski definition) is 1. The molecular formula is C17H20N2O5S2. The number of aryl methyl sites for hydroxylation is 1. The molecule has 2 fully saturated rings. The number of aliphatic carboxylic acids is 1. The molecule has 2 aliphatic rings. The summed E-state index contributed by atoms with van der Waals surface area (Å²) >= 11 is 1.32. The number of fused-ring (bicyclic) bond motifs is 1. The molecule has 26 heavy (non-hydrogen) atoms. The van der Waals surface area contributed by atoms with Gasteiger partial charge in [-0.2, -0.15) is 4.99 Å². The van der Waals surface area contributed by atoms with Gasteiger partial charge in [-0.15, -0.1) is 0 Å². The van der Waals surface area contributed by atoms with E-state index in [0.717, 1.165) is 11.3 Å². The van der Waals surface area contributed by atoms with Crippen LogP contribution in [0.1, 0.15) is 24.8 Å². The van der Waals surface area contributed by atoms with E-state index in [1.54, 1.807) is 0 Å². The van der Waals surface area contributed by atoms with Crippen molar-refractivity contribution in [3.8, 4) is 0 Å². The number of amidine groups is 1. The maximum atomic E-state index is 12.1. The van der Waals surface area contributed by atoms with E-state index in [0.29, 0.717) is 5.17 Å². The number of amides is 1. The maximum Gasteiger partial charge on any atom is 0.303 e. The van der Waals surface area contributed by atoms with Crippen LogP contribution in [0.4, 0.5) is 5.69 Å². The Hall–Kier alpha value is -1.87. The van der Waals surface area contributed by atoms with Gasteiger partial charge in [-0.25, -0.2) is 8.42 Å². The highest BCUT2D eigenvalue weighted by atomic mass is 32.2. The van der Waals surface area contributed by atoms with E-state index in [-0.39, 0.29) is 48.0 Å². The minimum Gasteiger partial charge on any atom is -0.481 e. The Balaban J connectivity index is 1.84. The molecule has 1 aromatic rings. The van der Waals surface area contributed by atoms with Crippen LogP contribution >= 0.6 is 11.8 Å². The standard InChI is InChI=1S/C17H20N2O5S2/c1-11-5-7-12(8-6-11)19-13-9-26(23,24)10-14(13)25-17(19)18-15(20)3-2-4-16(21)22/h5-8,13-14H,2-4,9-10H2,1H3,(H,21,22)/t13-,14+/m0/s1. The Bertz CT molecular complexity index is 848. The van der Waals surface area contributed by atoms with Crippen molar-refractivity contribution in [2.24, 2.45) is 4.99 Å². The van der Waals surface area contributed by atoms with Gasteiger partial charge in [-0.3, -0.25) is 9.59 Å². The van der Waals surface area contributed by atoms with Crippen molar-refractivity contribution < 1.29 is 23.1 Å². The van der Waals surface area contributed by atoms with Crippen molar-refractivity contribution >= 4 is 44.3 Å². The van der Waals surface area contributed by atoms with Gasteiger partial charge < -0.3 is 10.0 Å². The first kappa shape index (κ1) is 18.9. The summed E-state index contributed by atoms with van der Waals surface area (Å²) in [6, 6.07) is 7.42. The summed E-state index contributed by atoms with van der Waals surface area (Å²) in [5, 5.41) is 9.02. The van der Waals surface area contributed by atoms with Gasteiger partial charge in [-0.1, -0.05) is 29.5 Å². The number of sulfone groups is 1. The van der Waals surface area contributed by atoms with E-state index in [1.807, 2.05) is 36.1 Å². The predicted molar refractivity (Wildman–Crippen MR) is 101 cm³/mol. The topological polar surface area (TPSA) is 104 Å². The zero-order valence-corrected chi connectivity index (χ0v) is 15.9. The number of carboxylic acids is 1. The molecule has 2 aliphatic heterocycles. The smallest absolute Gasteiger partial charge is 0.303 e. The molecular weight excluding hydrogens is 376 g/mol. The third-order valence-corrected chi connectivity index (χ3v) is 7.59. The Labute approximate surface area is 156 Å². The maximum absolute atomic E-state index is 12.1. The molecule has 9 heteroatoms. The van der Waals surface area contributed by atoms with Gasteiger partial charge >= 0.3 is 5.97 Å². The number of aliphatic imine (C=N–C) groups is 1. The number of nitrogens with zero attached hydrogens (tertiary/aromatic N) is 2. The number of benzene rings is 1. The summed E-state index contributed by atoms with van der Waals surface area (Å²) in [6.45, 7) is 1.96. The number of carbonyl (C=O) groups is 2. The summed E-state index contributed by atoms with van der Waals surface area (Å²) in [4.78, 5) is 28.7. The van der Waals surface area contributed by atoms with Crippen molar-refractivity contribution in [2.75, 3.05) is 16.4 Å². The van der Waals surface area contributed by atoms with E-state index < -0.39 is 15.8 Å². The first-order chi connectivity index (χ1) is 12.2. The second-order valence-electron chi connectivity index (χ2n) is 6.54. The SMILES string of the molecule is Cc1ccc(N2C(=NC(=O)CCCC(=O)O)S[C@@H]3CS(=O)(=O)C[C@@H]32)cc1. The quantitative estimate of drug-likeness (QED) is 0.810. The predicted octanol–water partition coefficient (Wildman–Crippen LogP) is 1.85. The van der Waals surface area contributed by atoms with E-state index in [1.165, 1.54) is 11.8 Å². The highest BCUT2D eigenvalue weighted by molar-refractivity contribution is 8.16. The summed E-state index contributed by atoms with van der Waals surface area (Å²) in [7, 11) is -3.10. The molecule has 2 saturated heterocycles. The van der Waals surface area contributed by atoms with Gasteiger partial charge in [0.15, 0.2) is 15.0 Å². The first-order valence-corrected chi connectivity index (χ1v) is 11.0. The van der Waals surface area contributed by atoms with Crippen LogP contribution in [0.3, 0.4) is 0 Å². The van der Waals surface area contributed by atoms with Crippen LogP contribution in [0.15, 0.2) is 29.3 Å². The number of carbonyl (C=O) groups excluding carboxylic acids is 1. The van der Waals surface area contributed by atoms with Crippen molar-refractivity contribution in [3.05, 3.63) is 29.8 Å². The highest BCUT2D eigenvalue weighted by Gasteiger charge is 2.49. The molecule has 0 bridgehead atoms. The van der Waals surface area contributed by atoms with Gasteiger partial charge in [0.1, 0.15) is 0 Å². The normalized spacial score (nSPS) is 25.4. The molecule has 0 aromatic heterocycles.